The van der Waals surface area contributed by atoms with Crippen molar-refractivity contribution in [2.45, 2.75) is 12.5 Å². The van der Waals surface area contributed by atoms with Crippen LogP contribution < -0.4 is 10.5 Å². The topological polar surface area (TPSA) is 61.0 Å². The maximum absolute atomic E-state index is 6.03. The summed E-state index contributed by atoms with van der Waals surface area (Å²) in [6.45, 7) is 0. The largest absolute Gasteiger partial charge is 0.497 e. The molecule has 0 amide bonds. The first-order valence-electron chi connectivity index (χ1n) is 4.95. The lowest BCUT2D eigenvalue weighted by atomic mass is 10.0. The van der Waals surface area contributed by atoms with Crippen LogP contribution in [-0.4, -0.2) is 15.9 Å². The molecule has 0 bridgehead atoms. The Morgan fingerprint density at radius 1 is 1.50 bits per heavy atom. The molecule has 2 N–H and O–H groups in total. The molecule has 84 valence electrons. The molecular formula is C11H13N3OS. The number of hydrogen-bond acceptors (Lipinski definition) is 5. The molecule has 1 aromatic heterocycles. The SMILES string of the molecule is COc1cccc(CC(N)c2cnsn2)c1. The van der Waals surface area contributed by atoms with Gasteiger partial charge in [0.05, 0.1) is 36.8 Å². The van der Waals surface area contributed by atoms with E-state index in [4.69, 9.17) is 10.5 Å². The number of rotatable bonds is 4. The lowest BCUT2D eigenvalue weighted by molar-refractivity contribution is 0.414. The second kappa shape index (κ2) is 5.05. The summed E-state index contributed by atoms with van der Waals surface area (Å²) >= 11 is 1.18. The summed E-state index contributed by atoms with van der Waals surface area (Å²) in [6, 6.07) is 7.78. The van der Waals surface area contributed by atoms with Crippen LogP contribution in [0.5, 0.6) is 5.75 Å². The standard InChI is InChI=1S/C11H13N3OS/c1-15-9-4-2-3-8(5-9)6-10(12)11-7-13-16-14-11/h2-5,7,10H,6,12H2,1H3. The summed E-state index contributed by atoms with van der Waals surface area (Å²) in [7, 11) is 1.66. The van der Waals surface area contributed by atoms with E-state index < -0.39 is 0 Å². The van der Waals surface area contributed by atoms with Gasteiger partial charge in [0.1, 0.15) is 5.75 Å². The molecule has 0 radical (unpaired) electrons. The van der Waals surface area contributed by atoms with Gasteiger partial charge in [0.2, 0.25) is 0 Å². The number of nitrogens with zero attached hydrogens (tertiary/aromatic N) is 2. The summed E-state index contributed by atoms with van der Waals surface area (Å²) in [6.07, 6.45) is 2.46. The van der Waals surface area contributed by atoms with Crippen LogP contribution in [0.4, 0.5) is 0 Å². The molecule has 0 saturated heterocycles. The molecule has 2 rings (SSSR count). The molecule has 5 heteroatoms. The van der Waals surface area contributed by atoms with Crippen molar-refractivity contribution in [2.75, 3.05) is 7.11 Å². The Morgan fingerprint density at radius 2 is 2.38 bits per heavy atom. The van der Waals surface area contributed by atoms with Crippen LogP contribution in [0.2, 0.25) is 0 Å². The number of hydrogen-bond donors (Lipinski definition) is 1. The zero-order chi connectivity index (χ0) is 11.4. The predicted octanol–water partition coefficient (Wildman–Crippen LogP) is 1.79. The van der Waals surface area contributed by atoms with Crippen molar-refractivity contribution in [3.05, 3.63) is 41.7 Å². The van der Waals surface area contributed by atoms with Gasteiger partial charge in [0, 0.05) is 0 Å². The van der Waals surface area contributed by atoms with Crippen LogP contribution >= 0.6 is 11.7 Å². The van der Waals surface area contributed by atoms with Gasteiger partial charge in [0.25, 0.3) is 0 Å². The minimum absolute atomic E-state index is 0.106. The Bertz CT molecular complexity index is 444. The summed E-state index contributed by atoms with van der Waals surface area (Å²) < 4.78 is 13.2. The number of methoxy groups -OCH3 is 1. The van der Waals surface area contributed by atoms with E-state index in [0.717, 1.165) is 23.4 Å². The lowest BCUT2D eigenvalue weighted by Gasteiger charge is -2.09. The average Bonchev–Trinajstić information content (AvgIpc) is 2.83. The highest BCUT2D eigenvalue weighted by molar-refractivity contribution is 6.99. The third-order valence-corrected chi connectivity index (χ3v) is 2.84. The second-order valence-corrected chi connectivity index (χ2v) is 4.05. The van der Waals surface area contributed by atoms with Crippen LogP contribution in [0, 0.1) is 0 Å². The summed E-state index contributed by atoms with van der Waals surface area (Å²) in [5.74, 6) is 0.848. The van der Waals surface area contributed by atoms with Crippen molar-refractivity contribution in [2.24, 2.45) is 5.73 Å². The fraction of sp³-hybridized carbons (Fsp3) is 0.273. The molecule has 0 aliphatic carbocycles. The van der Waals surface area contributed by atoms with Crippen LogP contribution in [0.25, 0.3) is 0 Å². The van der Waals surface area contributed by atoms with Gasteiger partial charge in [-0.05, 0) is 24.1 Å². The van der Waals surface area contributed by atoms with E-state index in [9.17, 15) is 0 Å². The van der Waals surface area contributed by atoms with Gasteiger partial charge < -0.3 is 10.5 Å². The van der Waals surface area contributed by atoms with Crippen molar-refractivity contribution in [3.8, 4) is 5.75 Å². The van der Waals surface area contributed by atoms with Gasteiger partial charge in [0.15, 0.2) is 0 Å². The van der Waals surface area contributed by atoms with Crippen molar-refractivity contribution in [3.63, 3.8) is 0 Å². The maximum Gasteiger partial charge on any atom is 0.119 e. The van der Waals surface area contributed by atoms with E-state index >= 15 is 0 Å². The van der Waals surface area contributed by atoms with Crippen molar-refractivity contribution in [1.29, 1.82) is 0 Å². The molecule has 4 nitrogen and oxygen atoms in total. The third kappa shape index (κ3) is 2.56. The van der Waals surface area contributed by atoms with Crippen LogP contribution in [-0.2, 0) is 6.42 Å². The molecule has 16 heavy (non-hydrogen) atoms. The molecule has 2 aromatic rings. The van der Waals surface area contributed by atoms with Gasteiger partial charge in [-0.2, -0.15) is 8.75 Å². The zero-order valence-corrected chi connectivity index (χ0v) is 9.78. The van der Waals surface area contributed by atoms with Crippen LogP contribution in [0.15, 0.2) is 30.5 Å². The molecular weight excluding hydrogens is 222 g/mol. The Kier molecular flexibility index (Phi) is 3.48. The first kappa shape index (κ1) is 11.0. The number of benzene rings is 1. The highest BCUT2D eigenvalue weighted by Gasteiger charge is 2.10. The molecule has 0 saturated carbocycles. The quantitative estimate of drug-likeness (QED) is 0.877. The molecule has 1 unspecified atom stereocenters. The Balaban J connectivity index is 2.08. The highest BCUT2D eigenvalue weighted by Crippen LogP contribution is 2.18. The lowest BCUT2D eigenvalue weighted by Crippen LogP contribution is -2.13. The average molecular weight is 235 g/mol. The molecule has 0 aliphatic heterocycles. The van der Waals surface area contributed by atoms with Gasteiger partial charge in [-0.1, -0.05) is 12.1 Å². The fourth-order valence-electron chi connectivity index (χ4n) is 1.49. The Labute approximate surface area is 98.4 Å². The maximum atomic E-state index is 6.03. The van der Waals surface area contributed by atoms with E-state index in [1.165, 1.54) is 11.7 Å². The summed E-state index contributed by atoms with van der Waals surface area (Å²) in [5.41, 5.74) is 8.01. The Hall–Kier alpha value is -1.46. The number of nitrogens with two attached hydrogens (primary N) is 1. The normalized spacial score (nSPS) is 12.4. The van der Waals surface area contributed by atoms with E-state index in [2.05, 4.69) is 8.75 Å². The first-order valence-corrected chi connectivity index (χ1v) is 5.68. The van der Waals surface area contributed by atoms with Gasteiger partial charge in [-0.25, -0.2) is 0 Å². The van der Waals surface area contributed by atoms with Gasteiger partial charge >= 0.3 is 0 Å². The first-order chi connectivity index (χ1) is 7.79. The van der Waals surface area contributed by atoms with E-state index in [0.29, 0.717) is 0 Å². The van der Waals surface area contributed by atoms with Crippen molar-refractivity contribution < 1.29 is 4.74 Å². The van der Waals surface area contributed by atoms with E-state index in [-0.39, 0.29) is 6.04 Å². The highest BCUT2D eigenvalue weighted by atomic mass is 32.1. The minimum atomic E-state index is -0.106. The fourth-order valence-corrected chi connectivity index (χ4v) is 1.97. The molecule has 0 aliphatic rings. The Morgan fingerprint density at radius 3 is 3.06 bits per heavy atom. The summed E-state index contributed by atoms with van der Waals surface area (Å²) in [5, 5.41) is 0. The van der Waals surface area contributed by atoms with Crippen LogP contribution in [0.3, 0.4) is 0 Å². The van der Waals surface area contributed by atoms with Gasteiger partial charge in [-0.15, -0.1) is 0 Å². The smallest absolute Gasteiger partial charge is 0.119 e. The minimum Gasteiger partial charge on any atom is -0.497 e. The zero-order valence-electron chi connectivity index (χ0n) is 8.96. The monoisotopic (exact) mass is 235 g/mol. The van der Waals surface area contributed by atoms with Crippen LogP contribution in [0.1, 0.15) is 17.3 Å². The van der Waals surface area contributed by atoms with E-state index in [1.807, 2.05) is 24.3 Å². The molecule has 0 spiro atoms. The van der Waals surface area contributed by atoms with Gasteiger partial charge in [-0.3, -0.25) is 0 Å². The number of aromatic nitrogens is 2. The van der Waals surface area contributed by atoms with Crippen molar-refractivity contribution >= 4 is 11.7 Å². The number of ether oxygens (including phenoxy) is 1. The second-order valence-electron chi connectivity index (χ2n) is 3.49. The predicted molar refractivity (Wildman–Crippen MR) is 63.5 cm³/mol. The molecule has 1 heterocycles. The molecule has 0 fully saturated rings. The molecule has 1 aromatic carbocycles. The van der Waals surface area contributed by atoms with E-state index in [1.54, 1.807) is 13.3 Å². The molecule has 1 atom stereocenters. The van der Waals surface area contributed by atoms with Crippen molar-refractivity contribution in [1.82, 2.24) is 8.75 Å². The third-order valence-electron chi connectivity index (χ3n) is 2.35. The summed E-state index contributed by atoms with van der Waals surface area (Å²) in [4.78, 5) is 0.